The van der Waals surface area contributed by atoms with Gasteiger partial charge in [-0.05, 0) is 26.8 Å². The zero-order chi connectivity index (χ0) is 14.5. The smallest absolute Gasteiger partial charge is 0.215 e. The summed E-state index contributed by atoms with van der Waals surface area (Å²) in [4.78, 5) is 4.25. The molecule has 6 nitrogen and oxygen atoms in total. The Bertz CT molecular complexity index is 515. The predicted molar refractivity (Wildman–Crippen MR) is 76.0 cm³/mol. The van der Waals surface area contributed by atoms with E-state index in [-0.39, 0.29) is 0 Å². The molecule has 2 N–H and O–H groups in total. The number of pyridine rings is 1. The lowest BCUT2D eigenvalue weighted by Crippen LogP contribution is -2.47. The van der Waals surface area contributed by atoms with Gasteiger partial charge in [0.15, 0.2) is 0 Å². The third-order valence-corrected chi connectivity index (χ3v) is 3.11. The molecule has 0 aliphatic rings. The third-order valence-electron chi connectivity index (χ3n) is 2.19. The van der Waals surface area contributed by atoms with E-state index < -0.39 is 15.6 Å². The van der Waals surface area contributed by atoms with Gasteiger partial charge >= 0.3 is 0 Å². The van der Waals surface area contributed by atoms with Gasteiger partial charge in [-0.3, -0.25) is 0 Å². The number of anilines is 1. The second-order valence-corrected chi connectivity index (χ2v) is 6.65. The van der Waals surface area contributed by atoms with Crippen LogP contribution in [0.3, 0.4) is 0 Å². The van der Waals surface area contributed by atoms with E-state index in [0.29, 0.717) is 24.8 Å². The zero-order valence-corrected chi connectivity index (χ0v) is 12.5. The lowest BCUT2D eigenvalue weighted by Gasteiger charge is -2.25. The third kappa shape index (κ3) is 6.40. The van der Waals surface area contributed by atoms with Crippen LogP contribution in [-0.2, 0) is 10.0 Å². The van der Waals surface area contributed by atoms with Crippen LogP contribution in [0.15, 0.2) is 18.2 Å². The second kappa shape index (κ2) is 6.21. The average molecular weight is 287 g/mol. The highest BCUT2D eigenvalue weighted by Gasteiger charge is 2.21. The van der Waals surface area contributed by atoms with Crippen LogP contribution in [0.1, 0.15) is 20.8 Å². The van der Waals surface area contributed by atoms with Gasteiger partial charge in [-0.25, -0.2) is 13.1 Å². The fourth-order valence-corrected chi connectivity index (χ4v) is 2.67. The largest absolute Gasteiger partial charge is 0.478 e. The molecule has 0 aromatic carbocycles. The highest BCUT2D eigenvalue weighted by Crippen LogP contribution is 2.13. The molecule has 1 heterocycles. The van der Waals surface area contributed by atoms with Crippen molar-refractivity contribution in [2.45, 2.75) is 26.3 Å². The van der Waals surface area contributed by atoms with Gasteiger partial charge in [-0.2, -0.15) is 4.98 Å². The second-order valence-electron chi connectivity index (χ2n) is 4.91. The molecule has 0 atom stereocenters. The van der Waals surface area contributed by atoms with Crippen molar-refractivity contribution in [3.63, 3.8) is 0 Å². The first kappa shape index (κ1) is 15.7. The maximum Gasteiger partial charge on any atom is 0.215 e. The van der Waals surface area contributed by atoms with Crippen molar-refractivity contribution in [2.24, 2.45) is 0 Å². The van der Waals surface area contributed by atoms with E-state index in [0.717, 1.165) is 6.26 Å². The Labute approximate surface area is 114 Å². The molecular weight excluding hydrogens is 266 g/mol. The molecular formula is C12H21N3O3S. The topological polar surface area (TPSA) is 80.3 Å². The number of nitrogens with zero attached hydrogens (tertiary/aromatic N) is 1. The summed E-state index contributed by atoms with van der Waals surface area (Å²) in [7, 11) is -3.24. The summed E-state index contributed by atoms with van der Waals surface area (Å²) in [5.74, 6) is 1.19. The first-order valence-corrected chi connectivity index (χ1v) is 7.94. The fourth-order valence-electron chi connectivity index (χ4n) is 1.59. The van der Waals surface area contributed by atoms with Crippen LogP contribution in [0.4, 0.5) is 5.82 Å². The first-order valence-electron chi connectivity index (χ1n) is 6.04. The van der Waals surface area contributed by atoms with Crippen LogP contribution in [0, 0.1) is 0 Å². The molecule has 0 aliphatic heterocycles. The van der Waals surface area contributed by atoms with Gasteiger partial charge in [-0.1, -0.05) is 6.07 Å². The van der Waals surface area contributed by atoms with Gasteiger partial charge in [0.2, 0.25) is 15.9 Å². The Morgan fingerprint density at radius 2 is 2.05 bits per heavy atom. The highest BCUT2D eigenvalue weighted by atomic mass is 32.2. The summed E-state index contributed by atoms with van der Waals surface area (Å²) in [6.45, 7) is 6.46. The Balaban J connectivity index is 2.63. The molecule has 0 spiro atoms. The molecule has 0 saturated heterocycles. The van der Waals surface area contributed by atoms with E-state index in [9.17, 15) is 8.42 Å². The summed E-state index contributed by atoms with van der Waals surface area (Å²) < 4.78 is 30.3. The van der Waals surface area contributed by atoms with Crippen molar-refractivity contribution in [3.8, 4) is 5.88 Å². The Kier molecular flexibility index (Phi) is 5.13. The quantitative estimate of drug-likeness (QED) is 0.788. The van der Waals surface area contributed by atoms with Gasteiger partial charge in [0.25, 0.3) is 0 Å². The van der Waals surface area contributed by atoms with E-state index in [1.54, 1.807) is 26.0 Å². The number of hydrogen-bond acceptors (Lipinski definition) is 5. The number of rotatable bonds is 7. The monoisotopic (exact) mass is 287 g/mol. The Hall–Kier alpha value is -1.34. The molecule has 0 radical (unpaired) electrons. The molecule has 19 heavy (non-hydrogen) atoms. The van der Waals surface area contributed by atoms with E-state index in [4.69, 9.17) is 4.74 Å². The van der Waals surface area contributed by atoms with Crippen LogP contribution >= 0.6 is 0 Å². The molecule has 7 heteroatoms. The Morgan fingerprint density at radius 3 is 2.63 bits per heavy atom. The summed E-state index contributed by atoms with van der Waals surface area (Å²) in [6, 6.07) is 5.41. The lowest BCUT2D eigenvalue weighted by molar-refractivity contribution is 0.327. The minimum atomic E-state index is -3.24. The van der Waals surface area contributed by atoms with Gasteiger partial charge in [0.1, 0.15) is 5.82 Å². The number of aromatic nitrogens is 1. The molecule has 0 saturated carbocycles. The van der Waals surface area contributed by atoms with Crippen molar-refractivity contribution in [1.82, 2.24) is 9.71 Å². The van der Waals surface area contributed by atoms with Crippen molar-refractivity contribution < 1.29 is 13.2 Å². The number of hydrogen-bond donors (Lipinski definition) is 2. The normalized spacial score (nSPS) is 12.2. The molecule has 0 aliphatic carbocycles. The zero-order valence-electron chi connectivity index (χ0n) is 11.7. The van der Waals surface area contributed by atoms with Crippen LogP contribution in [0.5, 0.6) is 5.88 Å². The SMILES string of the molecule is CCOc1cccc(NCC(C)(C)NS(C)(=O)=O)n1. The van der Waals surface area contributed by atoms with Gasteiger partial charge in [0.05, 0.1) is 12.9 Å². The van der Waals surface area contributed by atoms with E-state index in [1.807, 2.05) is 13.0 Å². The van der Waals surface area contributed by atoms with Gasteiger partial charge < -0.3 is 10.1 Å². The molecule has 0 fully saturated rings. The molecule has 1 aromatic rings. The van der Waals surface area contributed by atoms with E-state index >= 15 is 0 Å². The number of ether oxygens (including phenoxy) is 1. The summed E-state index contributed by atoms with van der Waals surface area (Å²) in [6.07, 6.45) is 1.14. The standard InChI is InChI=1S/C12H21N3O3S/c1-5-18-11-8-6-7-10(14-11)13-9-12(2,3)15-19(4,16)17/h6-8,15H,5,9H2,1-4H3,(H,13,14). The molecule has 1 aromatic heterocycles. The molecule has 1 rings (SSSR count). The van der Waals surface area contributed by atoms with Crippen molar-refractivity contribution in [1.29, 1.82) is 0 Å². The van der Waals surface area contributed by atoms with Crippen LogP contribution < -0.4 is 14.8 Å². The highest BCUT2D eigenvalue weighted by molar-refractivity contribution is 7.88. The summed E-state index contributed by atoms with van der Waals surface area (Å²) >= 11 is 0. The van der Waals surface area contributed by atoms with Crippen LogP contribution in [0.25, 0.3) is 0 Å². The molecule has 108 valence electrons. The Morgan fingerprint density at radius 1 is 1.37 bits per heavy atom. The van der Waals surface area contributed by atoms with Gasteiger partial charge in [0, 0.05) is 18.2 Å². The molecule has 0 amide bonds. The van der Waals surface area contributed by atoms with Crippen LogP contribution in [0.2, 0.25) is 0 Å². The minimum Gasteiger partial charge on any atom is -0.478 e. The first-order chi connectivity index (χ1) is 8.72. The molecule has 0 unspecified atom stereocenters. The van der Waals surface area contributed by atoms with Crippen molar-refractivity contribution in [2.75, 3.05) is 24.7 Å². The summed E-state index contributed by atoms with van der Waals surface area (Å²) in [5, 5.41) is 3.09. The van der Waals surface area contributed by atoms with Crippen molar-refractivity contribution >= 4 is 15.8 Å². The predicted octanol–water partition coefficient (Wildman–Crippen LogP) is 1.22. The van der Waals surface area contributed by atoms with Crippen molar-refractivity contribution in [3.05, 3.63) is 18.2 Å². The minimum absolute atomic E-state index is 0.419. The molecule has 0 bridgehead atoms. The lowest BCUT2D eigenvalue weighted by atomic mass is 10.1. The maximum absolute atomic E-state index is 11.2. The summed E-state index contributed by atoms with van der Waals surface area (Å²) in [5.41, 5.74) is -0.600. The fraction of sp³-hybridized carbons (Fsp3) is 0.583. The number of nitrogens with one attached hydrogen (secondary N) is 2. The van der Waals surface area contributed by atoms with E-state index in [1.165, 1.54) is 0 Å². The van der Waals surface area contributed by atoms with Crippen LogP contribution in [-0.4, -0.2) is 38.3 Å². The number of sulfonamides is 1. The van der Waals surface area contributed by atoms with E-state index in [2.05, 4.69) is 15.0 Å². The van der Waals surface area contributed by atoms with Gasteiger partial charge in [-0.15, -0.1) is 0 Å². The average Bonchev–Trinajstić information content (AvgIpc) is 2.24. The maximum atomic E-state index is 11.2.